The van der Waals surface area contributed by atoms with Crippen LogP contribution in [0.1, 0.15) is 235 Å². The third-order valence-corrected chi connectivity index (χ3v) is 17.2. The highest BCUT2D eigenvalue weighted by molar-refractivity contribution is 5.85. The quantitative estimate of drug-likeness (QED) is 0.0282. The molecule has 0 fully saturated rings. The van der Waals surface area contributed by atoms with Crippen LogP contribution < -0.4 is 19.6 Å². The zero-order chi connectivity index (χ0) is 65.0. The second-order valence-corrected chi connectivity index (χ2v) is 25.1. The van der Waals surface area contributed by atoms with E-state index in [0.29, 0.717) is 5.56 Å². The van der Waals surface area contributed by atoms with E-state index in [1.165, 1.54) is 148 Å². The molecule has 7 rings (SSSR count). The molecule has 5 nitrogen and oxygen atoms in total. The summed E-state index contributed by atoms with van der Waals surface area (Å²) < 4.78 is 0. The molecular formula is C87H110N4O. The van der Waals surface area contributed by atoms with Crippen molar-refractivity contribution in [3.8, 4) is 0 Å². The summed E-state index contributed by atoms with van der Waals surface area (Å²) in [5, 5.41) is 0. The summed E-state index contributed by atoms with van der Waals surface area (Å²) >= 11 is 0. The van der Waals surface area contributed by atoms with E-state index >= 15 is 0 Å². The largest absolute Gasteiger partial charge is 0.372 e. The fourth-order valence-corrected chi connectivity index (χ4v) is 11.6. The minimum Gasteiger partial charge on any atom is -0.372 e. The number of hydrogen-bond acceptors (Lipinski definition) is 5. The molecule has 484 valence electrons. The van der Waals surface area contributed by atoms with Gasteiger partial charge in [-0.15, -0.1) is 0 Å². The van der Waals surface area contributed by atoms with Gasteiger partial charge in [0.2, 0.25) is 0 Å². The Morgan fingerprint density at radius 2 is 0.348 bits per heavy atom. The number of aldehydes is 1. The maximum atomic E-state index is 12.6. The molecule has 0 aliphatic heterocycles. The van der Waals surface area contributed by atoms with E-state index in [2.05, 4.69) is 287 Å². The molecule has 0 spiro atoms. The number of benzene rings is 7. The third-order valence-electron chi connectivity index (χ3n) is 17.2. The van der Waals surface area contributed by atoms with E-state index < -0.39 is 0 Å². The number of nitrogens with zero attached hydrogens (tertiary/aromatic N) is 4. The van der Waals surface area contributed by atoms with Crippen molar-refractivity contribution in [3.05, 3.63) is 224 Å². The normalized spacial score (nSPS) is 11.9. The number of unbranched alkanes of at least 4 members (excludes halogenated alkanes) is 8. The fourth-order valence-electron chi connectivity index (χ4n) is 11.6. The van der Waals surface area contributed by atoms with Crippen molar-refractivity contribution in [1.29, 1.82) is 0 Å². The Kier molecular flexibility index (Phi) is 31.5. The number of rotatable bonds is 41. The van der Waals surface area contributed by atoms with Crippen LogP contribution in [0.2, 0.25) is 0 Å². The average molecular weight is 1230 g/mol. The Labute approximate surface area is 557 Å². The summed E-state index contributed by atoms with van der Waals surface area (Å²) in [6, 6.07) is 55.9. The molecule has 0 aliphatic rings. The first-order chi connectivity index (χ1) is 45.2. The Bertz CT molecular complexity index is 2990. The second-order valence-electron chi connectivity index (χ2n) is 25.1. The molecular weight excluding hydrogens is 1120 g/mol. The van der Waals surface area contributed by atoms with Crippen LogP contribution in [0.5, 0.6) is 0 Å². The van der Waals surface area contributed by atoms with Gasteiger partial charge in [-0.3, -0.25) is 4.79 Å². The van der Waals surface area contributed by atoms with Gasteiger partial charge in [-0.2, -0.15) is 0 Å². The summed E-state index contributed by atoms with van der Waals surface area (Å²) in [5.41, 5.74) is 19.1. The fraction of sp³-hybridized carbons (Fsp3) is 0.368. The van der Waals surface area contributed by atoms with E-state index in [1.807, 2.05) is 12.1 Å². The van der Waals surface area contributed by atoms with Crippen LogP contribution in [-0.2, 0) is 0 Å². The van der Waals surface area contributed by atoms with Crippen LogP contribution in [0.25, 0.3) is 72.9 Å². The van der Waals surface area contributed by atoms with Crippen LogP contribution in [0, 0.1) is 0 Å². The molecule has 0 N–H and O–H groups in total. The molecule has 5 heteroatoms. The van der Waals surface area contributed by atoms with Crippen LogP contribution in [-0.4, -0.2) is 58.6 Å². The second kappa shape index (κ2) is 40.7. The Hall–Kier alpha value is -8.15. The molecule has 0 aliphatic carbocycles. The van der Waals surface area contributed by atoms with Gasteiger partial charge in [-0.25, -0.2) is 0 Å². The van der Waals surface area contributed by atoms with Gasteiger partial charge in [0.05, 0.1) is 0 Å². The SMILES string of the molecule is CCCCN(CCCC)c1ccc(/C=C/c2cc(/C=C/c3ccc(N(CCCC)CCCC)cc3)cc(/C=C/c3cc(C=O)cc(/C=C/c4cc(/C=C/c5ccc(N(CCCC)CCCC)cc5)cc(/C=C/c5ccc(N(CCCC)CCCC)cc5)c4)c3)c2)cc1. The first-order valence-corrected chi connectivity index (χ1v) is 35.6. The van der Waals surface area contributed by atoms with E-state index in [4.69, 9.17) is 0 Å². The van der Waals surface area contributed by atoms with Gasteiger partial charge < -0.3 is 19.6 Å². The minimum atomic E-state index is 0.636. The summed E-state index contributed by atoms with van der Waals surface area (Å²) in [6.45, 7) is 26.9. The Balaban J connectivity index is 1.19. The van der Waals surface area contributed by atoms with Gasteiger partial charge in [0, 0.05) is 80.7 Å². The molecule has 0 aromatic heterocycles. The molecule has 7 aromatic rings. The van der Waals surface area contributed by atoms with Crippen LogP contribution in [0.3, 0.4) is 0 Å². The van der Waals surface area contributed by atoms with Crippen molar-refractivity contribution in [3.63, 3.8) is 0 Å². The first-order valence-electron chi connectivity index (χ1n) is 35.6. The predicted octanol–water partition coefficient (Wildman–Crippen LogP) is 24.1. The van der Waals surface area contributed by atoms with Crippen molar-refractivity contribution in [2.45, 2.75) is 158 Å². The number of hydrogen-bond donors (Lipinski definition) is 0. The topological polar surface area (TPSA) is 30.0 Å². The monoisotopic (exact) mass is 1230 g/mol. The molecule has 92 heavy (non-hydrogen) atoms. The summed E-state index contributed by atoms with van der Waals surface area (Å²) in [5.74, 6) is 0. The van der Waals surface area contributed by atoms with Gasteiger partial charge in [0.1, 0.15) is 6.29 Å². The van der Waals surface area contributed by atoms with Crippen molar-refractivity contribution < 1.29 is 4.79 Å². The highest BCUT2D eigenvalue weighted by atomic mass is 16.1. The number of anilines is 4. The maximum Gasteiger partial charge on any atom is 0.150 e. The molecule has 0 heterocycles. The highest BCUT2D eigenvalue weighted by Crippen LogP contribution is 2.27. The Morgan fingerprint density at radius 1 is 0.207 bits per heavy atom. The summed E-state index contributed by atoms with van der Waals surface area (Å²) in [7, 11) is 0. The van der Waals surface area contributed by atoms with Gasteiger partial charge >= 0.3 is 0 Å². The van der Waals surface area contributed by atoms with Crippen molar-refractivity contribution in [2.75, 3.05) is 72.0 Å². The van der Waals surface area contributed by atoms with Gasteiger partial charge in [-0.05, 0) is 221 Å². The number of carbonyl (C=O) groups excluding carboxylic acids is 1. The number of carbonyl (C=O) groups is 1. The zero-order valence-corrected chi connectivity index (χ0v) is 57.6. The lowest BCUT2D eigenvalue weighted by Crippen LogP contribution is -2.25. The molecule has 0 unspecified atom stereocenters. The molecule has 0 radical (unpaired) electrons. The molecule has 0 atom stereocenters. The lowest BCUT2D eigenvalue weighted by atomic mass is 10.00. The predicted molar refractivity (Wildman–Crippen MR) is 412 cm³/mol. The Morgan fingerprint density at radius 3 is 0.489 bits per heavy atom. The maximum absolute atomic E-state index is 12.6. The minimum absolute atomic E-state index is 0.636. The summed E-state index contributed by atoms with van der Waals surface area (Å²) in [4.78, 5) is 22.8. The first kappa shape index (κ1) is 71.3. The highest BCUT2D eigenvalue weighted by Gasteiger charge is 2.11. The van der Waals surface area contributed by atoms with Crippen molar-refractivity contribution >= 4 is 102 Å². The average Bonchev–Trinajstić information content (AvgIpc) is 2.41. The lowest BCUT2D eigenvalue weighted by molar-refractivity contribution is 0.112. The van der Waals surface area contributed by atoms with Crippen molar-refractivity contribution in [1.82, 2.24) is 0 Å². The van der Waals surface area contributed by atoms with E-state index in [-0.39, 0.29) is 0 Å². The van der Waals surface area contributed by atoms with E-state index in [1.54, 1.807) is 0 Å². The van der Waals surface area contributed by atoms with Gasteiger partial charge in [0.25, 0.3) is 0 Å². The molecule has 0 saturated carbocycles. The molecule has 7 aromatic carbocycles. The summed E-state index contributed by atoms with van der Waals surface area (Å²) in [6.07, 6.45) is 46.6. The van der Waals surface area contributed by atoms with Crippen LogP contribution in [0.15, 0.2) is 152 Å². The van der Waals surface area contributed by atoms with Crippen LogP contribution in [0.4, 0.5) is 22.7 Å². The lowest BCUT2D eigenvalue weighted by Gasteiger charge is -2.24. The zero-order valence-electron chi connectivity index (χ0n) is 57.6. The van der Waals surface area contributed by atoms with Crippen LogP contribution >= 0.6 is 0 Å². The molecule has 0 amide bonds. The van der Waals surface area contributed by atoms with E-state index in [9.17, 15) is 4.79 Å². The third kappa shape index (κ3) is 24.5. The van der Waals surface area contributed by atoms with Gasteiger partial charge in [-0.1, -0.05) is 228 Å². The van der Waals surface area contributed by atoms with Gasteiger partial charge in [0.15, 0.2) is 0 Å². The smallest absolute Gasteiger partial charge is 0.150 e. The standard InChI is InChI=1S/C87H110N4O/c1-9-17-53-88(54-18-10-2)84-45-37-71(38-46-84)25-29-75-61-76(30-26-72-39-47-85(48-40-72)89(55-19-11-3)56-20-12-4)64-79(63-75)33-35-81-67-82(69-83(68-81)70-92)36-34-80-65-77(31-27-73-41-49-86(50-42-73)90(57-21-13-5)58-22-14-6)62-78(66-80)32-28-74-43-51-87(52-44-74)91(59-23-15-7)60-24-16-8/h25-52,61-70H,9-24,53-60H2,1-8H3/b29-25+,30-26+,31-27+,32-28+,35-33+,36-34+. The van der Waals surface area contributed by atoms with E-state index in [0.717, 1.165) is 103 Å². The molecule has 0 saturated heterocycles. The van der Waals surface area contributed by atoms with Crippen molar-refractivity contribution in [2.24, 2.45) is 0 Å². The molecule has 0 bridgehead atoms.